The van der Waals surface area contributed by atoms with Crippen molar-refractivity contribution >= 4 is 17.5 Å². The molecule has 1 aliphatic rings. The van der Waals surface area contributed by atoms with Crippen LogP contribution in [0.5, 0.6) is 0 Å². The van der Waals surface area contributed by atoms with Crippen LogP contribution in [0.25, 0.3) is 0 Å². The molecule has 3 nitrogen and oxygen atoms in total. The molecule has 2 rings (SSSR count). The van der Waals surface area contributed by atoms with Crippen LogP contribution in [-0.4, -0.2) is 18.0 Å². The highest BCUT2D eigenvalue weighted by Gasteiger charge is 2.21. The molecular formula is C16H23ClN2O. The van der Waals surface area contributed by atoms with Gasteiger partial charge in [0.2, 0.25) is 5.91 Å². The summed E-state index contributed by atoms with van der Waals surface area (Å²) in [7, 11) is 0. The molecule has 1 aliphatic carbocycles. The SMILES string of the molecule is C[C@H](N[C@H](C)C(=O)NC1CCCC1)c1ccc(Cl)cc1. The van der Waals surface area contributed by atoms with Gasteiger partial charge in [0.25, 0.3) is 0 Å². The van der Waals surface area contributed by atoms with E-state index < -0.39 is 0 Å². The highest BCUT2D eigenvalue weighted by atomic mass is 35.5. The third-order valence-electron chi connectivity index (χ3n) is 3.96. The van der Waals surface area contributed by atoms with Crippen LogP contribution in [0.1, 0.15) is 51.1 Å². The molecular weight excluding hydrogens is 272 g/mol. The van der Waals surface area contributed by atoms with Gasteiger partial charge in [-0.05, 0) is 44.4 Å². The largest absolute Gasteiger partial charge is 0.352 e. The molecule has 1 fully saturated rings. The maximum Gasteiger partial charge on any atom is 0.237 e. The highest BCUT2D eigenvalue weighted by molar-refractivity contribution is 6.30. The molecule has 1 saturated carbocycles. The molecule has 1 aromatic rings. The van der Waals surface area contributed by atoms with Gasteiger partial charge in [-0.3, -0.25) is 10.1 Å². The lowest BCUT2D eigenvalue weighted by atomic mass is 10.1. The van der Waals surface area contributed by atoms with Crippen LogP contribution >= 0.6 is 11.6 Å². The second-order valence-corrected chi connectivity index (χ2v) is 6.09. The van der Waals surface area contributed by atoms with E-state index >= 15 is 0 Å². The van der Waals surface area contributed by atoms with E-state index in [1.54, 1.807) is 0 Å². The molecule has 0 bridgehead atoms. The number of amides is 1. The van der Waals surface area contributed by atoms with Gasteiger partial charge in [-0.1, -0.05) is 36.6 Å². The molecule has 0 aromatic heterocycles. The van der Waals surface area contributed by atoms with Crippen LogP contribution in [0, 0.1) is 0 Å². The Balaban J connectivity index is 1.84. The monoisotopic (exact) mass is 294 g/mol. The van der Waals surface area contributed by atoms with Crippen LogP contribution < -0.4 is 10.6 Å². The fourth-order valence-corrected chi connectivity index (χ4v) is 2.82. The van der Waals surface area contributed by atoms with Crippen molar-refractivity contribution in [2.75, 3.05) is 0 Å². The van der Waals surface area contributed by atoms with E-state index in [2.05, 4.69) is 17.6 Å². The molecule has 2 atom stereocenters. The molecule has 2 N–H and O–H groups in total. The first-order chi connectivity index (χ1) is 9.56. The molecule has 1 aromatic carbocycles. The predicted molar refractivity (Wildman–Crippen MR) is 82.9 cm³/mol. The lowest BCUT2D eigenvalue weighted by molar-refractivity contribution is -0.123. The van der Waals surface area contributed by atoms with E-state index in [1.807, 2.05) is 31.2 Å². The molecule has 0 unspecified atom stereocenters. The van der Waals surface area contributed by atoms with Gasteiger partial charge >= 0.3 is 0 Å². The molecule has 110 valence electrons. The van der Waals surface area contributed by atoms with Crippen LogP contribution in [0.3, 0.4) is 0 Å². The Kier molecular flexibility index (Phi) is 5.44. The fraction of sp³-hybridized carbons (Fsp3) is 0.562. The molecule has 0 heterocycles. The van der Waals surface area contributed by atoms with Crippen molar-refractivity contribution in [1.82, 2.24) is 10.6 Å². The fourth-order valence-electron chi connectivity index (χ4n) is 2.69. The molecule has 0 aliphatic heterocycles. The smallest absolute Gasteiger partial charge is 0.237 e. The second kappa shape index (κ2) is 7.09. The standard InChI is InChI=1S/C16H23ClN2O/c1-11(13-7-9-14(17)10-8-13)18-12(2)16(20)19-15-5-3-4-6-15/h7-12,15,18H,3-6H2,1-2H3,(H,19,20)/t11-,12+/m0/s1. The number of halogens is 1. The quantitative estimate of drug-likeness (QED) is 0.873. The van der Waals surface area contributed by atoms with Crippen molar-refractivity contribution in [3.8, 4) is 0 Å². The van der Waals surface area contributed by atoms with Crippen molar-refractivity contribution < 1.29 is 4.79 Å². The van der Waals surface area contributed by atoms with E-state index in [0.717, 1.165) is 23.4 Å². The Labute approximate surface area is 126 Å². The lowest BCUT2D eigenvalue weighted by Crippen LogP contribution is -2.46. The first-order valence-electron chi connectivity index (χ1n) is 7.38. The molecule has 20 heavy (non-hydrogen) atoms. The maximum atomic E-state index is 12.1. The topological polar surface area (TPSA) is 41.1 Å². The van der Waals surface area contributed by atoms with Gasteiger partial charge in [0.15, 0.2) is 0 Å². The van der Waals surface area contributed by atoms with Crippen LogP contribution in [0.15, 0.2) is 24.3 Å². The summed E-state index contributed by atoms with van der Waals surface area (Å²) >= 11 is 5.88. The number of hydrogen-bond donors (Lipinski definition) is 2. The Bertz CT molecular complexity index is 440. The van der Waals surface area contributed by atoms with Crippen molar-refractivity contribution in [3.05, 3.63) is 34.9 Å². The summed E-state index contributed by atoms with van der Waals surface area (Å²) in [6, 6.07) is 8.02. The number of benzene rings is 1. The van der Waals surface area contributed by atoms with E-state index in [4.69, 9.17) is 11.6 Å². The van der Waals surface area contributed by atoms with Crippen molar-refractivity contribution in [1.29, 1.82) is 0 Å². The zero-order chi connectivity index (χ0) is 14.5. The highest BCUT2D eigenvalue weighted by Crippen LogP contribution is 2.18. The van der Waals surface area contributed by atoms with Gasteiger partial charge in [0, 0.05) is 17.1 Å². The average Bonchev–Trinajstić information content (AvgIpc) is 2.92. The number of hydrogen-bond acceptors (Lipinski definition) is 2. The summed E-state index contributed by atoms with van der Waals surface area (Å²) in [6.07, 6.45) is 4.69. The summed E-state index contributed by atoms with van der Waals surface area (Å²) in [5.41, 5.74) is 1.13. The summed E-state index contributed by atoms with van der Waals surface area (Å²) < 4.78 is 0. The molecule has 4 heteroatoms. The van der Waals surface area contributed by atoms with E-state index in [1.165, 1.54) is 12.8 Å². The summed E-state index contributed by atoms with van der Waals surface area (Å²) in [5.74, 6) is 0.0951. The van der Waals surface area contributed by atoms with Crippen LogP contribution in [0.4, 0.5) is 0 Å². The lowest BCUT2D eigenvalue weighted by Gasteiger charge is -2.22. The van der Waals surface area contributed by atoms with Gasteiger partial charge in [-0.15, -0.1) is 0 Å². The second-order valence-electron chi connectivity index (χ2n) is 5.65. The Morgan fingerprint density at radius 1 is 1.20 bits per heavy atom. The first kappa shape index (κ1) is 15.3. The van der Waals surface area contributed by atoms with Gasteiger partial charge in [0.05, 0.1) is 6.04 Å². The van der Waals surface area contributed by atoms with Crippen LogP contribution in [0.2, 0.25) is 5.02 Å². The van der Waals surface area contributed by atoms with Crippen LogP contribution in [-0.2, 0) is 4.79 Å². The summed E-state index contributed by atoms with van der Waals surface area (Å²) in [6.45, 7) is 3.97. The minimum absolute atomic E-state index is 0.0951. The number of rotatable bonds is 5. The first-order valence-corrected chi connectivity index (χ1v) is 7.76. The molecule has 0 saturated heterocycles. The zero-order valence-electron chi connectivity index (χ0n) is 12.2. The maximum absolute atomic E-state index is 12.1. The van der Waals surface area contributed by atoms with Gasteiger partial charge in [-0.2, -0.15) is 0 Å². The molecule has 1 amide bonds. The average molecular weight is 295 g/mol. The summed E-state index contributed by atoms with van der Waals surface area (Å²) in [4.78, 5) is 12.1. The number of carbonyl (C=O) groups is 1. The van der Waals surface area contributed by atoms with E-state index in [9.17, 15) is 4.79 Å². The van der Waals surface area contributed by atoms with Gasteiger partial charge < -0.3 is 5.32 Å². The molecule has 0 spiro atoms. The van der Waals surface area contributed by atoms with Crippen molar-refractivity contribution in [2.45, 2.75) is 57.7 Å². The minimum atomic E-state index is -0.193. The Morgan fingerprint density at radius 2 is 1.80 bits per heavy atom. The third kappa shape index (κ3) is 4.22. The molecule has 0 radical (unpaired) electrons. The van der Waals surface area contributed by atoms with Crippen molar-refractivity contribution in [2.24, 2.45) is 0 Å². The van der Waals surface area contributed by atoms with Crippen molar-refractivity contribution in [3.63, 3.8) is 0 Å². The summed E-state index contributed by atoms with van der Waals surface area (Å²) in [5, 5.41) is 7.19. The van der Waals surface area contributed by atoms with Gasteiger partial charge in [-0.25, -0.2) is 0 Å². The third-order valence-corrected chi connectivity index (χ3v) is 4.22. The predicted octanol–water partition coefficient (Wildman–Crippen LogP) is 3.44. The Morgan fingerprint density at radius 3 is 2.40 bits per heavy atom. The Hall–Kier alpha value is -1.06. The normalized spacial score (nSPS) is 18.8. The zero-order valence-corrected chi connectivity index (χ0v) is 12.9. The van der Waals surface area contributed by atoms with Gasteiger partial charge in [0.1, 0.15) is 0 Å². The number of nitrogens with one attached hydrogen (secondary N) is 2. The number of carbonyl (C=O) groups excluding carboxylic acids is 1. The van der Waals surface area contributed by atoms with E-state index in [-0.39, 0.29) is 18.0 Å². The minimum Gasteiger partial charge on any atom is -0.352 e. The van der Waals surface area contributed by atoms with E-state index in [0.29, 0.717) is 6.04 Å².